The summed E-state index contributed by atoms with van der Waals surface area (Å²) in [5, 5.41) is 2.59. The molecule has 0 spiro atoms. The number of carbonyl (C=O) groups is 2. The van der Waals surface area contributed by atoms with E-state index in [0.29, 0.717) is 25.9 Å². The Morgan fingerprint density at radius 2 is 1.96 bits per heavy atom. The van der Waals surface area contributed by atoms with E-state index in [1.807, 2.05) is 0 Å². The molecule has 2 amide bonds. The first-order chi connectivity index (χ1) is 11.0. The molecule has 0 radical (unpaired) electrons. The fourth-order valence-corrected chi connectivity index (χ4v) is 2.68. The molecule has 0 unspecified atom stereocenters. The number of anilines is 1. The number of nitrogens with one attached hydrogen (secondary N) is 2. The Balaban J connectivity index is 1.87. The highest BCUT2D eigenvalue weighted by Gasteiger charge is 2.27. The summed E-state index contributed by atoms with van der Waals surface area (Å²) in [5.74, 6) is -0.783. The molecule has 23 heavy (non-hydrogen) atoms. The zero-order valence-corrected chi connectivity index (χ0v) is 12.6. The monoisotopic (exact) mass is 328 g/mol. The summed E-state index contributed by atoms with van der Waals surface area (Å²) in [4.78, 5) is 24.2. The highest BCUT2D eigenvalue weighted by molar-refractivity contribution is 5.92. The largest absolute Gasteiger partial charge is 0.433 e. The Morgan fingerprint density at radius 3 is 2.57 bits per heavy atom. The van der Waals surface area contributed by atoms with Gasteiger partial charge in [0.05, 0.1) is 18.8 Å². The molecule has 1 fully saturated rings. The lowest BCUT2D eigenvalue weighted by Crippen LogP contribution is -3.14. The van der Waals surface area contributed by atoms with Crippen LogP contribution in [0.5, 0.6) is 5.75 Å². The fourth-order valence-electron chi connectivity index (χ4n) is 2.68. The summed E-state index contributed by atoms with van der Waals surface area (Å²) in [5.41, 5.74) is 5.48. The number of piperidine rings is 1. The van der Waals surface area contributed by atoms with Gasteiger partial charge in [-0.3, -0.25) is 9.59 Å². The average molecular weight is 328 g/mol. The van der Waals surface area contributed by atoms with Crippen LogP contribution in [-0.4, -0.2) is 38.1 Å². The predicted octanol–water partition coefficient (Wildman–Crippen LogP) is 0.00670. The molecular weight excluding hydrogens is 308 g/mol. The zero-order valence-electron chi connectivity index (χ0n) is 12.6. The zero-order chi connectivity index (χ0) is 16.8. The van der Waals surface area contributed by atoms with Gasteiger partial charge in [0.15, 0.2) is 6.54 Å². The normalized spacial score (nSPS) is 21.0. The minimum atomic E-state index is -2.95. The Kier molecular flexibility index (Phi) is 5.86. The molecule has 4 N–H and O–H groups in total. The first-order valence-electron chi connectivity index (χ1n) is 7.42. The van der Waals surface area contributed by atoms with Crippen molar-refractivity contribution in [3.05, 3.63) is 24.3 Å². The molecule has 6 nitrogen and oxygen atoms in total. The van der Waals surface area contributed by atoms with Crippen molar-refractivity contribution in [2.24, 2.45) is 11.7 Å². The number of hydrogen-bond acceptors (Lipinski definition) is 3. The molecule has 1 aliphatic rings. The topological polar surface area (TPSA) is 85.9 Å². The second kappa shape index (κ2) is 7.87. The number of benzene rings is 1. The highest BCUT2D eigenvalue weighted by Crippen LogP contribution is 2.25. The Labute approximate surface area is 132 Å². The average Bonchev–Trinajstić information content (AvgIpc) is 2.49. The molecule has 1 aromatic carbocycles. The molecule has 1 saturated heterocycles. The van der Waals surface area contributed by atoms with E-state index in [4.69, 9.17) is 5.73 Å². The number of carbonyl (C=O) groups excluding carboxylic acids is 2. The minimum Gasteiger partial charge on any atom is -0.433 e. The van der Waals surface area contributed by atoms with Gasteiger partial charge in [-0.1, -0.05) is 12.1 Å². The van der Waals surface area contributed by atoms with E-state index in [1.165, 1.54) is 12.1 Å². The van der Waals surface area contributed by atoms with Gasteiger partial charge in [0.2, 0.25) is 5.91 Å². The molecule has 0 aliphatic carbocycles. The van der Waals surface area contributed by atoms with Crippen molar-refractivity contribution in [2.75, 3.05) is 25.0 Å². The standard InChI is InChI=1S/C15H19F2N3O3/c16-15(17)23-12-4-2-1-3-11(12)19-13(21)9-20-7-5-10(6-8-20)14(18)22/h1-4,10,15H,5-9H2,(H2,18,22)(H,19,21)/p+1. The second-order valence-electron chi connectivity index (χ2n) is 5.53. The van der Waals surface area contributed by atoms with Gasteiger partial charge >= 0.3 is 6.61 Å². The molecular formula is C15H20F2N3O3+. The number of halogens is 2. The molecule has 0 aromatic heterocycles. The number of amides is 2. The van der Waals surface area contributed by atoms with Gasteiger partial charge in [0, 0.05) is 18.8 Å². The summed E-state index contributed by atoms with van der Waals surface area (Å²) < 4.78 is 29.0. The van der Waals surface area contributed by atoms with E-state index in [1.54, 1.807) is 12.1 Å². The molecule has 1 aromatic rings. The Hall–Kier alpha value is -2.22. The maximum atomic E-state index is 12.3. The number of primary amides is 1. The highest BCUT2D eigenvalue weighted by atomic mass is 19.3. The molecule has 8 heteroatoms. The molecule has 1 heterocycles. The van der Waals surface area contributed by atoms with Crippen molar-refractivity contribution in [1.82, 2.24) is 0 Å². The smallest absolute Gasteiger partial charge is 0.387 e. The van der Waals surface area contributed by atoms with E-state index in [2.05, 4.69) is 10.1 Å². The number of likely N-dealkylation sites (tertiary alicyclic amines) is 1. The van der Waals surface area contributed by atoms with Crippen molar-refractivity contribution in [1.29, 1.82) is 0 Å². The first kappa shape index (κ1) is 17.1. The van der Waals surface area contributed by atoms with Crippen LogP contribution in [0.15, 0.2) is 24.3 Å². The number of quaternary nitrogens is 1. The third kappa shape index (κ3) is 5.17. The predicted molar refractivity (Wildman–Crippen MR) is 79.2 cm³/mol. The van der Waals surface area contributed by atoms with Gasteiger partial charge in [0.1, 0.15) is 5.75 Å². The lowest BCUT2D eigenvalue weighted by molar-refractivity contribution is -0.897. The quantitative estimate of drug-likeness (QED) is 0.687. The van der Waals surface area contributed by atoms with Crippen LogP contribution in [0.3, 0.4) is 0 Å². The summed E-state index contributed by atoms with van der Waals surface area (Å²) in [6, 6.07) is 6.05. The molecule has 2 rings (SSSR count). The van der Waals surface area contributed by atoms with Gasteiger partial charge in [-0.2, -0.15) is 8.78 Å². The lowest BCUT2D eigenvalue weighted by Gasteiger charge is -2.27. The van der Waals surface area contributed by atoms with E-state index in [0.717, 1.165) is 4.90 Å². The number of nitrogens with two attached hydrogens (primary N) is 1. The lowest BCUT2D eigenvalue weighted by atomic mass is 9.96. The summed E-state index contributed by atoms with van der Waals surface area (Å²) >= 11 is 0. The van der Waals surface area contributed by atoms with Crippen molar-refractivity contribution in [3.8, 4) is 5.75 Å². The minimum absolute atomic E-state index is 0.0710. The fraction of sp³-hybridized carbons (Fsp3) is 0.467. The van der Waals surface area contributed by atoms with Gasteiger partial charge in [-0.15, -0.1) is 0 Å². The van der Waals surface area contributed by atoms with Crippen molar-refractivity contribution < 1.29 is 28.0 Å². The van der Waals surface area contributed by atoms with Crippen LogP contribution in [0.2, 0.25) is 0 Å². The molecule has 0 atom stereocenters. The van der Waals surface area contributed by atoms with Crippen LogP contribution in [0.4, 0.5) is 14.5 Å². The van der Waals surface area contributed by atoms with Crippen molar-refractivity contribution in [2.45, 2.75) is 19.5 Å². The number of ether oxygens (including phenoxy) is 1. The third-order valence-electron chi connectivity index (χ3n) is 3.88. The number of alkyl halides is 2. The summed E-state index contributed by atoms with van der Waals surface area (Å²) in [6.07, 6.45) is 1.31. The van der Waals surface area contributed by atoms with Crippen molar-refractivity contribution in [3.63, 3.8) is 0 Å². The summed E-state index contributed by atoms with van der Waals surface area (Å²) in [6.45, 7) is -1.40. The van der Waals surface area contributed by atoms with E-state index in [9.17, 15) is 18.4 Å². The Morgan fingerprint density at radius 1 is 1.30 bits per heavy atom. The maximum absolute atomic E-state index is 12.3. The first-order valence-corrected chi connectivity index (χ1v) is 7.42. The van der Waals surface area contributed by atoms with Crippen LogP contribution in [0.1, 0.15) is 12.8 Å². The molecule has 0 saturated carbocycles. The van der Waals surface area contributed by atoms with Crippen molar-refractivity contribution >= 4 is 17.5 Å². The molecule has 1 aliphatic heterocycles. The van der Waals surface area contributed by atoms with Crippen LogP contribution < -0.4 is 20.7 Å². The van der Waals surface area contributed by atoms with Crippen LogP contribution in [0.25, 0.3) is 0 Å². The molecule has 0 bridgehead atoms. The Bertz CT molecular complexity index is 561. The van der Waals surface area contributed by atoms with Gasteiger partial charge in [0.25, 0.3) is 5.91 Å². The SMILES string of the molecule is NC(=O)C1CC[NH+](CC(=O)Nc2ccccc2OC(F)F)CC1. The van der Waals surface area contributed by atoms with E-state index < -0.39 is 6.61 Å². The third-order valence-corrected chi connectivity index (χ3v) is 3.88. The van der Waals surface area contributed by atoms with Gasteiger partial charge in [-0.25, -0.2) is 0 Å². The van der Waals surface area contributed by atoms with Crippen LogP contribution in [-0.2, 0) is 9.59 Å². The number of hydrogen-bond donors (Lipinski definition) is 3. The van der Waals surface area contributed by atoms with E-state index >= 15 is 0 Å². The van der Waals surface area contributed by atoms with Crippen LogP contribution >= 0.6 is 0 Å². The maximum Gasteiger partial charge on any atom is 0.387 e. The number of para-hydroxylation sites is 2. The van der Waals surface area contributed by atoms with Crippen LogP contribution in [0, 0.1) is 5.92 Å². The molecule has 126 valence electrons. The number of rotatable bonds is 6. The second-order valence-corrected chi connectivity index (χ2v) is 5.53. The van der Waals surface area contributed by atoms with Gasteiger partial charge < -0.3 is 20.7 Å². The summed E-state index contributed by atoms with van der Waals surface area (Å²) in [7, 11) is 0. The van der Waals surface area contributed by atoms with Gasteiger partial charge in [-0.05, 0) is 12.1 Å². The van der Waals surface area contributed by atoms with E-state index in [-0.39, 0.29) is 35.7 Å².